The highest BCUT2D eigenvalue weighted by atomic mass is 16.1. The molecule has 1 unspecified atom stereocenters. The molecule has 0 saturated heterocycles. The van der Waals surface area contributed by atoms with Crippen LogP contribution in [0.4, 0.5) is 0 Å². The first-order chi connectivity index (χ1) is 9.35. The van der Waals surface area contributed by atoms with Crippen LogP contribution in [-0.2, 0) is 10.3 Å². The van der Waals surface area contributed by atoms with Gasteiger partial charge >= 0.3 is 0 Å². The van der Waals surface area contributed by atoms with Crippen molar-refractivity contribution >= 4 is 18.2 Å². The third-order valence-corrected chi connectivity index (χ3v) is 3.22. The van der Waals surface area contributed by atoms with Gasteiger partial charge in [0.05, 0.1) is 17.4 Å². The molecule has 110 valence electrons. The summed E-state index contributed by atoms with van der Waals surface area (Å²) in [6.07, 6.45) is 7.28. The maximum absolute atomic E-state index is 11.0. The minimum absolute atomic E-state index is 0.441. The highest BCUT2D eigenvalue weighted by molar-refractivity contribution is 5.61. The summed E-state index contributed by atoms with van der Waals surface area (Å²) < 4.78 is 2.00. The van der Waals surface area contributed by atoms with Crippen LogP contribution in [0.25, 0.3) is 11.8 Å². The first kappa shape index (κ1) is 16.2. The van der Waals surface area contributed by atoms with Gasteiger partial charge in [-0.3, -0.25) is 4.79 Å². The van der Waals surface area contributed by atoms with Crippen LogP contribution in [0.1, 0.15) is 52.6 Å². The van der Waals surface area contributed by atoms with Gasteiger partial charge in [-0.05, 0) is 38.7 Å². The summed E-state index contributed by atoms with van der Waals surface area (Å²) in [5.41, 5.74) is 1.41. The Balaban J connectivity index is 3.40. The lowest BCUT2D eigenvalue weighted by Gasteiger charge is -2.30. The van der Waals surface area contributed by atoms with Crippen molar-refractivity contribution in [2.75, 3.05) is 0 Å². The van der Waals surface area contributed by atoms with Gasteiger partial charge in [0, 0.05) is 6.20 Å². The Kier molecular flexibility index (Phi) is 5.31. The largest absolute Gasteiger partial charge is 0.346 e. The lowest BCUT2D eigenvalue weighted by Crippen LogP contribution is -2.42. The van der Waals surface area contributed by atoms with E-state index >= 15 is 0 Å². The predicted molar refractivity (Wildman–Crippen MR) is 83.9 cm³/mol. The molecule has 0 fully saturated rings. The standard InChI is InChI=1S/C16H25N3O/c1-7-8-19-14(13(4)5)10-17-15(19)16(6,18-11-20)9-12(2)3/h7-8,10-12H,4,9H2,1-3,5-6H3,(H,18,20)/b8-7-. The fraction of sp³-hybridized carbons (Fsp3) is 0.500. The van der Waals surface area contributed by atoms with Crippen LogP contribution < -0.4 is 5.32 Å². The smallest absolute Gasteiger partial charge is 0.207 e. The Labute approximate surface area is 121 Å². The van der Waals surface area contributed by atoms with Crippen molar-refractivity contribution in [1.29, 1.82) is 0 Å². The molecule has 0 aliphatic carbocycles. The second-order valence-electron chi connectivity index (χ2n) is 5.79. The number of nitrogens with zero attached hydrogens (tertiary/aromatic N) is 2. The van der Waals surface area contributed by atoms with Crippen molar-refractivity contribution in [2.45, 2.75) is 46.6 Å². The second kappa shape index (κ2) is 6.55. The Hall–Kier alpha value is -1.84. The van der Waals surface area contributed by atoms with Crippen LogP contribution in [0.3, 0.4) is 0 Å². The third-order valence-electron chi connectivity index (χ3n) is 3.22. The maximum Gasteiger partial charge on any atom is 0.207 e. The summed E-state index contributed by atoms with van der Waals surface area (Å²) >= 11 is 0. The van der Waals surface area contributed by atoms with Gasteiger partial charge in [0.1, 0.15) is 5.82 Å². The number of hydrogen-bond donors (Lipinski definition) is 1. The van der Waals surface area contributed by atoms with Gasteiger partial charge in [0.25, 0.3) is 0 Å². The minimum atomic E-state index is -0.497. The van der Waals surface area contributed by atoms with Crippen molar-refractivity contribution < 1.29 is 4.79 Å². The summed E-state index contributed by atoms with van der Waals surface area (Å²) in [5.74, 6) is 1.27. The van der Waals surface area contributed by atoms with Crippen LogP contribution in [0, 0.1) is 5.92 Å². The fourth-order valence-electron chi connectivity index (χ4n) is 2.55. The number of rotatable bonds is 7. The normalized spacial score (nSPS) is 14.5. The Morgan fingerprint density at radius 1 is 1.60 bits per heavy atom. The highest BCUT2D eigenvalue weighted by Crippen LogP contribution is 2.29. The van der Waals surface area contributed by atoms with Gasteiger partial charge in [-0.15, -0.1) is 0 Å². The number of carbonyl (C=O) groups is 1. The number of hydrogen-bond acceptors (Lipinski definition) is 2. The van der Waals surface area contributed by atoms with Crippen molar-refractivity contribution in [3.8, 4) is 0 Å². The highest BCUT2D eigenvalue weighted by Gasteiger charge is 2.32. The minimum Gasteiger partial charge on any atom is -0.346 e. The molecule has 0 saturated carbocycles. The first-order valence-corrected chi connectivity index (χ1v) is 6.93. The van der Waals surface area contributed by atoms with E-state index in [1.165, 1.54) is 0 Å². The van der Waals surface area contributed by atoms with Gasteiger partial charge in [-0.2, -0.15) is 0 Å². The number of carbonyl (C=O) groups excluding carboxylic acids is 1. The maximum atomic E-state index is 11.0. The molecular formula is C16H25N3O. The van der Waals surface area contributed by atoms with E-state index in [2.05, 4.69) is 30.7 Å². The summed E-state index contributed by atoms with van der Waals surface area (Å²) in [6.45, 7) is 14.2. The van der Waals surface area contributed by atoms with E-state index < -0.39 is 5.54 Å². The van der Waals surface area contributed by atoms with E-state index in [1.807, 2.05) is 43.8 Å². The molecule has 4 nitrogen and oxygen atoms in total. The third kappa shape index (κ3) is 3.38. The quantitative estimate of drug-likeness (QED) is 0.775. The molecular weight excluding hydrogens is 250 g/mol. The van der Waals surface area contributed by atoms with Crippen LogP contribution >= 0.6 is 0 Å². The van der Waals surface area contributed by atoms with Gasteiger partial charge in [-0.1, -0.05) is 26.5 Å². The number of nitrogens with one attached hydrogen (secondary N) is 1. The molecule has 1 amide bonds. The average molecular weight is 275 g/mol. The predicted octanol–water partition coefficient (Wildman–Crippen LogP) is 3.41. The Morgan fingerprint density at radius 2 is 2.25 bits per heavy atom. The van der Waals surface area contributed by atoms with Crippen LogP contribution in [0.5, 0.6) is 0 Å². The van der Waals surface area contributed by atoms with Crippen molar-refractivity contribution in [2.24, 2.45) is 5.92 Å². The molecule has 0 aliphatic heterocycles. The van der Waals surface area contributed by atoms with Crippen molar-refractivity contribution in [3.05, 3.63) is 30.4 Å². The van der Waals surface area contributed by atoms with E-state index in [0.717, 1.165) is 29.9 Å². The monoisotopic (exact) mass is 275 g/mol. The topological polar surface area (TPSA) is 46.9 Å². The fourth-order valence-corrected chi connectivity index (χ4v) is 2.55. The van der Waals surface area contributed by atoms with Crippen LogP contribution in [0.2, 0.25) is 0 Å². The summed E-state index contributed by atoms with van der Waals surface area (Å²) in [7, 11) is 0. The van der Waals surface area contributed by atoms with Gasteiger partial charge in [0.15, 0.2) is 0 Å². The molecule has 0 aromatic carbocycles. The molecule has 1 aromatic heterocycles. The molecule has 1 aromatic rings. The molecule has 0 aliphatic rings. The van der Waals surface area contributed by atoms with Gasteiger partial charge in [0.2, 0.25) is 6.41 Å². The second-order valence-corrected chi connectivity index (χ2v) is 5.79. The summed E-state index contributed by atoms with van der Waals surface area (Å²) in [6, 6.07) is 0. The molecule has 0 bridgehead atoms. The zero-order valence-corrected chi connectivity index (χ0v) is 13.1. The number of imidazole rings is 1. The average Bonchev–Trinajstić information content (AvgIpc) is 2.73. The molecule has 1 N–H and O–H groups in total. The van der Waals surface area contributed by atoms with E-state index in [9.17, 15) is 4.79 Å². The summed E-state index contributed by atoms with van der Waals surface area (Å²) in [5, 5.41) is 2.93. The number of amides is 1. The molecule has 20 heavy (non-hydrogen) atoms. The number of allylic oxidation sites excluding steroid dienone is 2. The Bertz CT molecular complexity index is 514. The van der Waals surface area contributed by atoms with Gasteiger partial charge < -0.3 is 9.88 Å². The first-order valence-electron chi connectivity index (χ1n) is 6.93. The Morgan fingerprint density at radius 3 is 2.70 bits per heavy atom. The summed E-state index contributed by atoms with van der Waals surface area (Å²) in [4.78, 5) is 15.5. The molecule has 0 spiro atoms. The number of aromatic nitrogens is 2. The van der Waals surface area contributed by atoms with E-state index in [4.69, 9.17) is 0 Å². The molecule has 1 heterocycles. The van der Waals surface area contributed by atoms with E-state index in [1.54, 1.807) is 0 Å². The zero-order valence-electron chi connectivity index (χ0n) is 13.1. The lowest BCUT2D eigenvalue weighted by atomic mass is 9.90. The van der Waals surface area contributed by atoms with Crippen LogP contribution in [0.15, 0.2) is 18.9 Å². The molecule has 1 atom stereocenters. The zero-order chi connectivity index (χ0) is 15.3. The molecule has 1 rings (SSSR count). The lowest BCUT2D eigenvalue weighted by molar-refractivity contribution is -0.111. The van der Waals surface area contributed by atoms with E-state index in [-0.39, 0.29) is 0 Å². The SMILES string of the molecule is C=C(C)c1cnc(C(C)(CC(C)C)NC=O)n1/C=C\C. The van der Waals surface area contributed by atoms with E-state index in [0.29, 0.717) is 5.92 Å². The molecule has 0 radical (unpaired) electrons. The van der Waals surface area contributed by atoms with Crippen molar-refractivity contribution in [1.82, 2.24) is 14.9 Å². The van der Waals surface area contributed by atoms with Crippen molar-refractivity contribution in [3.63, 3.8) is 0 Å². The van der Waals surface area contributed by atoms with Gasteiger partial charge in [-0.25, -0.2) is 4.98 Å². The van der Waals surface area contributed by atoms with Crippen LogP contribution in [-0.4, -0.2) is 16.0 Å². The molecule has 4 heteroatoms.